The molecule has 0 bridgehead atoms. The Kier molecular flexibility index (Phi) is 4.90. The molecule has 0 heterocycles. The van der Waals surface area contributed by atoms with Gasteiger partial charge in [0.2, 0.25) is 5.91 Å². The summed E-state index contributed by atoms with van der Waals surface area (Å²) in [5, 5.41) is 2.69. The highest BCUT2D eigenvalue weighted by Crippen LogP contribution is 2.25. The number of nitrogens with one attached hydrogen (secondary N) is 1. The Hall–Kier alpha value is -1.62. The molecule has 0 fully saturated rings. The largest absolute Gasteiger partial charge is 0.481 e. The molecule has 17 heavy (non-hydrogen) atoms. The Morgan fingerprint density at radius 3 is 2.71 bits per heavy atom. The van der Waals surface area contributed by atoms with Gasteiger partial charge in [0.25, 0.3) is 0 Å². The normalized spacial score (nSPS) is 11.6. The van der Waals surface area contributed by atoms with E-state index >= 15 is 0 Å². The van der Waals surface area contributed by atoms with E-state index in [2.05, 4.69) is 5.32 Å². The molecule has 1 unspecified atom stereocenters. The lowest BCUT2D eigenvalue weighted by Crippen LogP contribution is -2.31. The van der Waals surface area contributed by atoms with Crippen molar-refractivity contribution in [3.8, 4) is 5.75 Å². The topological polar surface area (TPSA) is 64.3 Å². The minimum Gasteiger partial charge on any atom is -0.481 e. The van der Waals surface area contributed by atoms with Crippen molar-refractivity contribution in [2.24, 2.45) is 5.73 Å². The van der Waals surface area contributed by atoms with E-state index in [9.17, 15) is 4.79 Å². The second-order valence-corrected chi connectivity index (χ2v) is 4.07. The number of thiocarbonyl (C=S) groups is 1. The van der Waals surface area contributed by atoms with E-state index < -0.39 is 0 Å². The van der Waals surface area contributed by atoms with Crippen LogP contribution in [0.3, 0.4) is 0 Å². The second-order valence-electron chi connectivity index (χ2n) is 3.59. The number of amides is 1. The number of hydrogen-bond donors (Lipinski definition) is 2. The van der Waals surface area contributed by atoms with Crippen LogP contribution in [0.25, 0.3) is 0 Å². The summed E-state index contributed by atoms with van der Waals surface area (Å²) < 4.78 is 5.68. The second kappa shape index (κ2) is 6.20. The maximum Gasteiger partial charge on any atom is 0.221 e. The molecule has 1 aromatic carbocycles. The molecular formula is C12H16N2O2S. The molecule has 0 aromatic heterocycles. The van der Waals surface area contributed by atoms with Crippen molar-refractivity contribution in [3.63, 3.8) is 0 Å². The van der Waals surface area contributed by atoms with Crippen molar-refractivity contribution in [1.29, 1.82) is 0 Å². The van der Waals surface area contributed by atoms with Crippen molar-refractivity contribution in [1.82, 2.24) is 0 Å². The smallest absolute Gasteiger partial charge is 0.221 e. The first-order chi connectivity index (χ1) is 8.04. The minimum absolute atomic E-state index is 0.149. The van der Waals surface area contributed by atoms with Gasteiger partial charge in [0.05, 0.1) is 5.69 Å². The van der Waals surface area contributed by atoms with E-state index in [1.54, 1.807) is 12.1 Å². The van der Waals surface area contributed by atoms with Crippen molar-refractivity contribution in [2.75, 3.05) is 5.32 Å². The van der Waals surface area contributed by atoms with Gasteiger partial charge in [-0.3, -0.25) is 4.79 Å². The van der Waals surface area contributed by atoms with Crippen LogP contribution in [-0.4, -0.2) is 17.0 Å². The number of hydrogen-bond acceptors (Lipinski definition) is 3. The number of nitrogens with two attached hydrogens (primary N) is 1. The third-order valence-corrected chi connectivity index (χ3v) is 2.42. The molecule has 0 spiro atoms. The van der Waals surface area contributed by atoms with Crippen molar-refractivity contribution >= 4 is 28.8 Å². The average Bonchev–Trinajstić information content (AvgIpc) is 2.26. The summed E-state index contributed by atoms with van der Waals surface area (Å²) >= 11 is 4.91. The fraction of sp³-hybridized carbons (Fsp3) is 0.333. The van der Waals surface area contributed by atoms with Crippen LogP contribution in [0.2, 0.25) is 0 Å². The molecule has 0 saturated carbocycles. The molecule has 1 atom stereocenters. The zero-order valence-corrected chi connectivity index (χ0v) is 10.7. The van der Waals surface area contributed by atoms with Gasteiger partial charge in [-0.1, -0.05) is 31.3 Å². The van der Waals surface area contributed by atoms with Crippen molar-refractivity contribution in [2.45, 2.75) is 26.4 Å². The maximum atomic E-state index is 11.0. The van der Waals surface area contributed by atoms with Crippen LogP contribution in [0, 0.1) is 0 Å². The standard InChI is InChI=1S/C12H16N2O2S/c1-3-10(12(13)17)16-11-7-5-4-6-9(11)14-8(2)15/h4-7,10H,3H2,1-2H3,(H2,13,17)(H,14,15). The molecule has 0 aliphatic rings. The minimum atomic E-state index is -0.320. The van der Waals surface area contributed by atoms with Crippen LogP contribution in [0.15, 0.2) is 24.3 Å². The molecular weight excluding hydrogens is 236 g/mol. The summed E-state index contributed by atoms with van der Waals surface area (Å²) in [7, 11) is 0. The Morgan fingerprint density at radius 1 is 1.53 bits per heavy atom. The van der Waals surface area contributed by atoms with Crippen LogP contribution < -0.4 is 15.8 Å². The lowest BCUT2D eigenvalue weighted by Gasteiger charge is -2.18. The maximum absolute atomic E-state index is 11.0. The summed E-state index contributed by atoms with van der Waals surface area (Å²) in [5.41, 5.74) is 6.19. The third-order valence-electron chi connectivity index (χ3n) is 2.16. The van der Waals surface area contributed by atoms with Gasteiger partial charge in [-0.2, -0.15) is 0 Å². The van der Waals surface area contributed by atoms with E-state index in [1.807, 2.05) is 19.1 Å². The first-order valence-electron chi connectivity index (χ1n) is 5.37. The monoisotopic (exact) mass is 252 g/mol. The lowest BCUT2D eigenvalue weighted by atomic mass is 10.2. The van der Waals surface area contributed by atoms with E-state index in [1.165, 1.54) is 6.92 Å². The van der Waals surface area contributed by atoms with Crippen LogP contribution in [0.5, 0.6) is 5.75 Å². The van der Waals surface area contributed by atoms with Gasteiger partial charge in [0.15, 0.2) is 0 Å². The summed E-state index contributed by atoms with van der Waals surface area (Å²) in [6, 6.07) is 7.18. The summed E-state index contributed by atoms with van der Waals surface area (Å²) in [4.78, 5) is 11.3. The molecule has 3 N–H and O–H groups in total. The van der Waals surface area contributed by atoms with E-state index in [4.69, 9.17) is 22.7 Å². The van der Waals surface area contributed by atoms with E-state index in [-0.39, 0.29) is 12.0 Å². The van der Waals surface area contributed by atoms with Gasteiger partial charge in [-0.15, -0.1) is 0 Å². The Bertz CT molecular complexity index is 421. The summed E-state index contributed by atoms with van der Waals surface area (Å²) in [6.07, 6.45) is 0.365. The molecule has 4 nitrogen and oxygen atoms in total. The van der Waals surface area contributed by atoms with Crippen LogP contribution in [0.4, 0.5) is 5.69 Å². The zero-order valence-electron chi connectivity index (χ0n) is 9.90. The predicted octanol–water partition coefficient (Wildman–Crippen LogP) is 2.09. The molecule has 1 aromatic rings. The van der Waals surface area contributed by atoms with Crippen LogP contribution in [0.1, 0.15) is 20.3 Å². The number of carbonyl (C=O) groups excluding carboxylic acids is 1. The quantitative estimate of drug-likeness (QED) is 0.788. The highest BCUT2D eigenvalue weighted by molar-refractivity contribution is 7.80. The number of anilines is 1. The number of benzene rings is 1. The summed E-state index contributed by atoms with van der Waals surface area (Å²) in [5.74, 6) is 0.423. The number of carbonyl (C=O) groups is 1. The first-order valence-corrected chi connectivity index (χ1v) is 5.78. The molecule has 0 radical (unpaired) electrons. The summed E-state index contributed by atoms with van der Waals surface area (Å²) in [6.45, 7) is 3.38. The van der Waals surface area contributed by atoms with E-state index in [0.717, 1.165) is 0 Å². The molecule has 0 aliphatic carbocycles. The molecule has 92 valence electrons. The molecule has 1 amide bonds. The fourth-order valence-corrected chi connectivity index (χ4v) is 1.57. The third kappa shape index (κ3) is 4.03. The van der Waals surface area contributed by atoms with Gasteiger partial charge in [0, 0.05) is 6.92 Å². The van der Waals surface area contributed by atoms with Crippen molar-refractivity contribution < 1.29 is 9.53 Å². The van der Waals surface area contributed by atoms with Crippen molar-refractivity contribution in [3.05, 3.63) is 24.3 Å². The molecule has 5 heteroatoms. The SMILES string of the molecule is CCC(Oc1ccccc1NC(C)=O)C(N)=S. The Balaban J connectivity index is 2.89. The van der Waals surface area contributed by atoms with Gasteiger partial charge >= 0.3 is 0 Å². The highest BCUT2D eigenvalue weighted by Gasteiger charge is 2.13. The average molecular weight is 252 g/mol. The number of para-hydroxylation sites is 2. The van der Waals surface area contributed by atoms with E-state index in [0.29, 0.717) is 22.8 Å². The highest BCUT2D eigenvalue weighted by atomic mass is 32.1. The molecule has 1 rings (SSSR count). The first kappa shape index (κ1) is 13.4. The Morgan fingerprint density at radius 2 is 2.18 bits per heavy atom. The van der Waals surface area contributed by atoms with Gasteiger partial charge < -0.3 is 15.8 Å². The van der Waals surface area contributed by atoms with Gasteiger partial charge in [-0.05, 0) is 18.6 Å². The zero-order chi connectivity index (χ0) is 12.8. The number of ether oxygens (including phenoxy) is 1. The van der Waals surface area contributed by atoms with Gasteiger partial charge in [0.1, 0.15) is 16.8 Å². The lowest BCUT2D eigenvalue weighted by molar-refractivity contribution is -0.114. The van der Waals surface area contributed by atoms with Crippen LogP contribution >= 0.6 is 12.2 Å². The predicted molar refractivity (Wildman–Crippen MR) is 72.2 cm³/mol. The molecule has 0 saturated heterocycles. The van der Waals surface area contributed by atoms with Crippen LogP contribution in [-0.2, 0) is 4.79 Å². The van der Waals surface area contributed by atoms with Gasteiger partial charge in [-0.25, -0.2) is 0 Å². The Labute approximate surface area is 106 Å². The fourth-order valence-electron chi connectivity index (χ4n) is 1.36. The molecule has 0 aliphatic heterocycles. The number of rotatable bonds is 5.